The van der Waals surface area contributed by atoms with Crippen molar-refractivity contribution in [2.45, 2.75) is 25.4 Å². The lowest BCUT2D eigenvalue weighted by molar-refractivity contribution is -0.120. The van der Waals surface area contributed by atoms with Gasteiger partial charge in [-0.3, -0.25) is 10.1 Å². The van der Waals surface area contributed by atoms with Crippen LogP contribution in [0, 0.1) is 0 Å². The molecule has 0 unspecified atom stereocenters. The van der Waals surface area contributed by atoms with Gasteiger partial charge in [-0.1, -0.05) is 6.07 Å². The number of piperidine rings is 1. The summed E-state index contributed by atoms with van der Waals surface area (Å²) in [7, 11) is 3.21. The van der Waals surface area contributed by atoms with Crippen molar-refractivity contribution in [2.24, 2.45) is 0 Å². The number of nitrogens with one attached hydrogen (secondary N) is 2. The third-order valence-corrected chi connectivity index (χ3v) is 5.91. The van der Waals surface area contributed by atoms with E-state index in [1.165, 1.54) is 0 Å². The van der Waals surface area contributed by atoms with Crippen LogP contribution < -0.4 is 34.3 Å². The van der Waals surface area contributed by atoms with Crippen molar-refractivity contribution in [1.29, 1.82) is 0 Å². The average Bonchev–Trinajstić information content (AvgIpc) is 2.88. The number of urea groups is 1. The van der Waals surface area contributed by atoms with Gasteiger partial charge in [0.1, 0.15) is 19.3 Å². The molecule has 0 radical (unpaired) electrons. The van der Waals surface area contributed by atoms with E-state index in [1.807, 2.05) is 18.2 Å². The van der Waals surface area contributed by atoms with Crippen LogP contribution in [0.3, 0.4) is 0 Å². The van der Waals surface area contributed by atoms with E-state index in [-0.39, 0.29) is 18.4 Å². The monoisotopic (exact) mass is 485 g/mol. The summed E-state index contributed by atoms with van der Waals surface area (Å²) in [6, 6.07) is 10.1. The lowest BCUT2D eigenvalue weighted by Gasteiger charge is -2.32. The van der Waals surface area contributed by atoms with Crippen LogP contribution in [-0.4, -0.2) is 70.0 Å². The minimum Gasteiger partial charge on any atom is -0.493 e. The Kier molecular flexibility index (Phi) is 8.15. The fourth-order valence-electron chi connectivity index (χ4n) is 4.08. The van der Waals surface area contributed by atoms with Crippen molar-refractivity contribution in [2.75, 3.05) is 52.4 Å². The molecule has 1 saturated heterocycles. The van der Waals surface area contributed by atoms with E-state index < -0.39 is 6.03 Å². The predicted octanol–water partition coefficient (Wildman–Crippen LogP) is 3.06. The van der Waals surface area contributed by atoms with Crippen molar-refractivity contribution >= 4 is 17.6 Å². The molecule has 10 heteroatoms. The molecule has 4 rings (SSSR count). The number of hydrogen-bond donors (Lipinski definition) is 2. The molecule has 35 heavy (non-hydrogen) atoms. The second-order valence-corrected chi connectivity index (χ2v) is 8.26. The van der Waals surface area contributed by atoms with Gasteiger partial charge in [0.25, 0.3) is 0 Å². The van der Waals surface area contributed by atoms with Crippen LogP contribution >= 0.6 is 0 Å². The Morgan fingerprint density at radius 3 is 2.37 bits per heavy atom. The zero-order chi connectivity index (χ0) is 24.6. The molecular weight excluding hydrogens is 454 g/mol. The van der Waals surface area contributed by atoms with E-state index in [4.69, 9.17) is 23.7 Å². The predicted molar refractivity (Wildman–Crippen MR) is 129 cm³/mol. The van der Waals surface area contributed by atoms with Gasteiger partial charge in [-0.2, -0.15) is 0 Å². The standard InChI is InChI=1S/C25H31N3O7/c1-31-20-4-3-5-21(32-2)24(20)35-18-8-11-28(12-9-18)13-10-23(29)27-25(30)26-17-6-7-19-22(16-17)34-15-14-33-19/h3-7,16,18H,8-15H2,1-2H3,(H2,26,27,29,30). The van der Waals surface area contributed by atoms with Crippen molar-refractivity contribution < 1.29 is 33.3 Å². The van der Waals surface area contributed by atoms with Crippen molar-refractivity contribution in [3.63, 3.8) is 0 Å². The largest absolute Gasteiger partial charge is 0.493 e. The molecular formula is C25H31N3O7. The molecule has 188 valence electrons. The Morgan fingerprint density at radius 1 is 1.00 bits per heavy atom. The number of rotatable bonds is 8. The summed E-state index contributed by atoms with van der Waals surface area (Å²) in [6.07, 6.45) is 1.88. The lowest BCUT2D eigenvalue weighted by atomic mass is 10.1. The summed E-state index contributed by atoms with van der Waals surface area (Å²) in [5, 5.41) is 5.03. The SMILES string of the molecule is COc1cccc(OC)c1OC1CCN(CCC(=O)NC(=O)Nc2ccc3c(c2)OCCO3)CC1. The number of fused-ring (bicyclic) bond motifs is 1. The Hall–Kier alpha value is -3.66. The fraction of sp³-hybridized carbons (Fsp3) is 0.440. The molecule has 2 aromatic carbocycles. The van der Waals surface area contributed by atoms with Gasteiger partial charge in [-0.25, -0.2) is 4.79 Å². The van der Waals surface area contributed by atoms with Crippen molar-refractivity contribution in [1.82, 2.24) is 10.2 Å². The quantitative estimate of drug-likeness (QED) is 0.588. The number of methoxy groups -OCH3 is 2. The third kappa shape index (κ3) is 6.48. The molecule has 2 aliphatic heterocycles. The number of nitrogens with zero attached hydrogens (tertiary/aromatic N) is 1. The van der Waals surface area contributed by atoms with Gasteiger partial charge in [-0.05, 0) is 37.1 Å². The highest BCUT2D eigenvalue weighted by atomic mass is 16.6. The zero-order valence-corrected chi connectivity index (χ0v) is 20.0. The molecule has 3 amide bonds. The molecule has 0 spiro atoms. The number of para-hydroxylation sites is 1. The molecule has 0 saturated carbocycles. The fourth-order valence-corrected chi connectivity index (χ4v) is 4.08. The minimum absolute atomic E-state index is 0.0297. The van der Waals surface area contributed by atoms with E-state index in [0.29, 0.717) is 54.2 Å². The topological polar surface area (TPSA) is 108 Å². The molecule has 0 atom stereocenters. The maximum Gasteiger partial charge on any atom is 0.325 e. The second-order valence-electron chi connectivity index (χ2n) is 8.26. The maximum absolute atomic E-state index is 12.3. The van der Waals surface area contributed by atoms with Gasteiger partial charge in [0.2, 0.25) is 11.7 Å². The van der Waals surface area contributed by atoms with Crippen LogP contribution in [0.15, 0.2) is 36.4 Å². The van der Waals surface area contributed by atoms with Gasteiger partial charge < -0.3 is 33.9 Å². The Morgan fingerprint density at radius 2 is 1.69 bits per heavy atom. The Labute approximate surface area is 204 Å². The second kappa shape index (κ2) is 11.7. The summed E-state index contributed by atoms with van der Waals surface area (Å²) in [5.74, 6) is 2.75. The van der Waals surface area contributed by atoms with Crippen LogP contribution in [0.2, 0.25) is 0 Å². The van der Waals surface area contributed by atoms with Crippen molar-refractivity contribution in [3.05, 3.63) is 36.4 Å². The van der Waals surface area contributed by atoms with Crippen LogP contribution in [0.5, 0.6) is 28.7 Å². The number of benzene rings is 2. The number of carbonyl (C=O) groups is 2. The number of amides is 3. The molecule has 10 nitrogen and oxygen atoms in total. The van der Waals surface area contributed by atoms with Crippen LogP contribution in [0.25, 0.3) is 0 Å². The van der Waals surface area contributed by atoms with Gasteiger partial charge in [0, 0.05) is 37.8 Å². The van der Waals surface area contributed by atoms with Gasteiger partial charge >= 0.3 is 6.03 Å². The molecule has 1 fully saturated rings. The first-order valence-corrected chi connectivity index (χ1v) is 11.7. The number of anilines is 1. The smallest absolute Gasteiger partial charge is 0.325 e. The van der Waals surface area contributed by atoms with Gasteiger partial charge in [0.15, 0.2) is 23.0 Å². The summed E-state index contributed by atoms with van der Waals surface area (Å²) >= 11 is 0. The summed E-state index contributed by atoms with van der Waals surface area (Å²) in [6.45, 7) is 3.10. The number of imide groups is 1. The van der Waals surface area contributed by atoms with E-state index in [0.717, 1.165) is 25.9 Å². The number of hydrogen-bond acceptors (Lipinski definition) is 8. The van der Waals surface area contributed by atoms with Crippen LogP contribution in [0.1, 0.15) is 19.3 Å². The molecule has 0 aromatic heterocycles. The van der Waals surface area contributed by atoms with E-state index >= 15 is 0 Å². The molecule has 0 bridgehead atoms. The number of carbonyl (C=O) groups excluding carboxylic acids is 2. The molecule has 0 aliphatic carbocycles. The van der Waals surface area contributed by atoms with Gasteiger partial charge in [-0.15, -0.1) is 0 Å². The first kappa shape index (κ1) is 24.5. The van der Waals surface area contributed by atoms with E-state index in [1.54, 1.807) is 32.4 Å². The maximum atomic E-state index is 12.3. The van der Waals surface area contributed by atoms with Crippen LogP contribution in [-0.2, 0) is 4.79 Å². The summed E-state index contributed by atoms with van der Waals surface area (Å²) in [5.41, 5.74) is 0.522. The Balaban J connectivity index is 1.18. The first-order valence-electron chi connectivity index (χ1n) is 11.7. The molecule has 2 aromatic rings. The Bertz CT molecular complexity index is 1020. The average molecular weight is 486 g/mol. The summed E-state index contributed by atoms with van der Waals surface area (Å²) < 4.78 is 28.0. The molecule has 2 N–H and O–H groups in total. The van der Waals surface area contributed by atoms with Crippen molar-refractivity contribution in [3.8, 4) is 28.7 Å². The highest BCUT2D eigenvalue weighted by molar-refractivity contribution is 6.01. The first-order chi connectivity index (χ1) is 17.1. The third-order valence-electron chi connectivity index (χ3n) is 5.91. The normalized spacial score (nSPS) is 15.7. The minimum atomic E-state index is -0.579. The highest BCUT2D eigenvalue weighted by Crippen LogP contribution is 2.38. The van der Waals surface area contributed by atoms with Crippen LogP contribution in [0.4, 0.5) is 10.5 Å². The number of ether oxygens (including phenoxy) is 5. The number of likely N-dealkylation sites (tertiary alicyclic amines) is 1. The zero-order valence-electron chi connectivity index (χ0n) is 20.0. The lowest BCUT2D eigenvalue weighted by Crippen LogP contribution is -2.41. The van der Waals surface area contributed by atoms with E-state index in [2.05, 4.69) is 15.5 Å². The summed E-state index contributed by atoms with van der Waals surface area (Å²) in [4.78, 5) is 26.7. The molecule has 2 heterocycles. The molecule has 2 aliphatic rings. The highest BCUT2D eigenvalue weighted by Gasteiger charge is 2.24. The van der Waals surface area contributed by atoms with Gasteiger partial charge in [0.05, 0.1) is 14.2 Å². The van der Waals surface area contributed by atoms with E-state index in [9.17, 15) is 9.59 Å².